The number of carbonyl (C=O) groups is 1. The van der Waals surface area contributed by atoms with Crippen LogP contribution in [-0.4, -0.2) is 44.6 Å². The van der Waals surface area contributed by atoms with Crippen LogP contribution in [0.3, 0.4) is 0 Å². The highest BCUT2D eigenvalue weighted by molar-refractivity contribution is 5.83. The predicted octanol–water partition coefficient (Wildman–Crippen LogP) is 4.20. The summed E-state index contributed by atoms with van der Waals surface area (Å²) >= 11 is 0. The van der Waals surface area contributed by atoms with Gasteiger partial charge in [-0.1, -0.05) is 13.3 Å². The second-order valence-corrected chi connectivity index (χ2v) is 10.3. The van der Waals surface area contributed by atoms with Crippen molar-refractivity contribution in [2.24, 2.45) is 16.7 Å². The van der Waals surface area contributed by atoms with E-state index in [1.807, 2.05) is 11.8 Å². The van der Waals surface area contributed by atoms with E-state index < -0.39 is 11.0 Å². The summed E-state index contributed by atoms with van der Waals surface area (Å²) in [4.78, 5) is 23.5. The van der Waals surface area contributed by atoms with Crippen LogP contribution in [-0.2, 0) is 11.2 Å². The summed E-state index contributed by atoms with van der Waals surface area (Å²) in [5.74, 6) is 1.18. The molecule has 162 valence electrons. The van der Waals surface area contributed by atoms with Crippen molar-refractivity contribution in [3.05, 3.63) is 29.8 Å². The quantitative estimate of drug-likeness (QED) is 0.746. The number of halogens is 1. The molecular formula is C24H32FN3O2. The Morgan fingerprint density at radius 1 is 1.27 bits per heavy atom. The first-order valence-electron chi connectivity index (χ1n) is 11.4. The molecule has 4 unspecified atom stereocenters. The third-order valence-corrected chi connectivity index (χ3v) is 8.14. The fourth-order valence-electron chi connectivity index (χ4n) is 7.35. The second-order valence-electron chi connectivity index (χ2n) is 10.3. The Labute approximate surface area is 177 Å². The number of imidazole rings is 1. The van der Waals surface area contributed by atoms with Gasteiger partial charge in [-0.25, -0.2) is 9.37 Å². The number of aliphatic hydroxyl groups is 1. The number of nitrogens with zero attached hydrogens (tertiary/aromatic N) is 2. The number of amides is 1. The van der Waals surface area contributed by atoms with Gasteiger partial charge in [0.25, 0.3) is 0 Å². The third kappa shape index (κ3) is 3.15. The lowest BCUT2D eigenvalue weighted by atomic mass is 9.42. The van der Waals surface area contributed by atoms with Gasteiger partial charge in [0.05, 0.1) is 22.0 Å². The molecule has 30 heavy (non-hydrogen) atoms. The fourth-order valence-corrected chi connectivity index (χ4v) is 7.35. The van der Waals surface area contributed by atoms with E-state index in [1.54, 1.807) is 6.07 Å². The van der Waals surface area contributed by atoms with E-state index >= 15 is 0 Å². The Morgan fingerprint density at radius 3 is 2.83 bits per heavy atom. The number of likely N-dealkylation sites (N-methyl/N-ethyl adjacent to an activating group) is 1. The van der Waals surface area contributed by atoms with Crippen LogP contribution >= 0.6 is 0 Å². The molecule has 1 aromatic carbocycles. The van der Waals surface area contributed by atoms with Crippen LogP contribution in [0.15, 0.2) is 18.2 Å². The molecule has 2 N–H and O–H groups in total. The Bertz CT molecular complexity index is 990. The van der Waals surface area contributed by atoms with Crippen molar-refractivity contribution >= 4 is 16.9 Å². The van der Waals surface area contributed by atoms with Crippen LogP contribution in [0, 0.1) is 22.6 Å². The summed E-state index contributed by atoms with van der Waals surface area (Å²) in [6.45, 7) is 5.48. The van der Waals surface area contributed by atoms with E-state index in [9.17, 15) is 14.3 Å². The third-order valence-electron chi connectivity index (χ3n) is 8.14. The van der Waals surface area contributed by atoms with Crippen LogP contribution in [0.5, 0.6) is 0 Å². The van der Waals surface area contributed by atoms with E-state index in [0.717, 1.165) is 43.4 Å². The van der Waals surface area contributed by atoms with Crippen molar-refractivity contribution < 1.29 is 14.3 Å². The van der Waals surface area contributed by atoms with Crippen molar-refractivity contribution in [1.82, 2.24) is 14.9 Å². The van der Waals surface area contributed by atoms with Gasteiger partial charge < -0.3 is 15.0 Å². The lowest BCUT2D eigenvalue weighted by Crippen LogP contribution is -2.64. The molecule has 5 nitrogen and oxygen atoms in total. The standard InChI is InChI=1S/C24H32FN3O2/c1-3-22-10-16-11-23(13-22,15-24(30,12-16)14-22)21(29)28(4-2)8-7-20-26-18-6-5-17(25)9-19(18)27-20/h5-6,9,16,30H,3-4,7-8,10-15H2,1-2H3,(H,26,27). The smallest absolute Gasteiger partial charge is 0.228 e. The zero-order chi connectivity index (χ0) is 21.1. The summed E-state index contributed by atoms with van der Waals surface area (Å²) in [7, 11) is 0. The Morgan fingerprint density at radius 2 is 2.10 bits per heavy atom. The number of hydrogen-bond donors (Lipinski definition) is 2. The van der Waals surface area contributed by atoms with Crippen LogP contribution in [0.4, 0.5) is 4.39 Å². The molecule has 0 aliphatic heterocycles. The fraction of sp³-hybridized carbons (Fsp3) is 0.667. The van der Waals surface area contributed by atoms with Gasteiger partial charge in [-0.2, -0.15) is 0 Å². The molecule has 6 rings (SSSR count). The van der Waals surface area contributed by atoms with Crippen LogP contribution in [0.2, 0.25) is 0 Å². The zero-order valence-electron chi connectivity index (χ0n) is 18.0. The van der Waals surface area contributed by atoms with Gasteiger partial charge in [-0.3, -0.25) is 4.79 Å². The first kappa shape index (κ1) is 20.0. The minimum absolute atomic E-state index is 0.131. The average Bonchev–Trinajstić information content (AvgIpc) is 3.08. The summed E-state index contributed by atoms with van der Waals surface area (Å²) in [6, 6.07) is 4.54. The van der Waals surface area contributed by atoms with Gasteiger partial charge in [-0.05, 0) is 75.0 Å². The van der Waals surface area contributed by atoms with Gasteiger partial charge in [0, 0.05) is 19.5 Å². The Hall–Kier alpha value is -1.95. The zero-order valence-corrected chi connectivity index (χ0v) is 18.0. The molecule has 0 saturated heterocycles. The molecule has 4 aliphatic rings. The largest absolute Gasteiger partial charge is 0.390 e. The molecule has 2 aromatic rings. The normalized spacial score (nSPS) is 34.6. The van der Waals surface area contributed by atoms with E-state index in [2.05, 4.69) is 16.9 Å². The summed E-state index contributed by atoms with van der Waals surface area (Å²) in [6.07, 6.45) is 7.03. The summed E-state index contributed by atoms with van der Waals surface area (Å²) in [5.41, 5.74) is 0.498. The molecule has 4 fully saturated rings. The molecule has 1 heterocycles. The predicted molar refractivity (Wildman–Crippen MR) is 113 cm³/mol. The molecule has 1 aromatic heterocycles. The number of aromatic amines is 1. The summed E-state index contributed by atoms with van der Waals surface area (Å²) in [5, 5.41) is 11.3. The molecule has 0 spiro atoms. The number of hydrogen-bond acceptors (Lipinski definition) is 3. The number of benzene rings is 1. The number of aromatic nitrogens is 2. The van der Waals surface area contributed by atoms with Crippen molar-refractivity contribution in [3.63, 3.8) is 0 Å². The van der Waals surface area contributed by atoms with Crippen molar-refractivity contribution in [2.75, 3.05) is 13.1 Å². The number of H-pyrrole nitrogens is 1. The van der Waals surface area contributed by atoms with E-state index in [1.165, 1.54) is 18.6 Å². The number of nitrogens with one attached hydrogen (secondary N) is 1. The van der Waals surface area contributed by atoms with Gasteiger partial charge in [0.15, 0.2) is 0 Å². The maximum Gasteiger partial charge on any atom is 0.228 e. The Kier molecular flexibility index (Phi) is 4.51. The monoisotopic (exact) mass is 413 g/mol. The minimum Gasteiger partial charge on any atom is -0.390 e. The minimum atomic E-state index is -0.659. The lowest BCUT2D eigenvalue weighted by molar-refractivity contribution is -0.209. The Balaban J connectivity index is 1.35. The highest BCUT2D eigenvalue weighted by Crippen LogP contribution is 2.68. The maximum atomic E-state index is 13.8. The van der Waals surface area contributed by atoms with Gasteiger partial charge in [0.1, 0.15) is 11.6 Å². The average molecular weight is 414 g/mol. The molecule has 4 atom stereocenters. The molecule has 4 aliphatic carbocycles. The van der Waals surface area contributed by atoms with Gasteiger partial charge in [-0.15, -0.1) is 0 Å². The molecule has 4 bridgehead atoms. The summed E-state index contributed by atoms with van der Waals surface area (Å²) < 4.78 is 13.5. The van der Waals surface area contributed by atoms with Crippen molar-refractivity contribution in [1.29, 1.82) is 0 Å². The SMILES string of the molecule is CCN(CCc1nc2ccc(F)cc2[nH]1)C(=O)C12CC3CC(O)(CC(CC)(C3)C1)C2. The topological polar surface area (TPSA) is 69.2 Å². The molecule has 0 radical (unpaired) electrons. The first-order chi connectivity index (χ1) is 14.3. The van der Waals surface area contributed by atoms with Gasteiger partial charge >= 0.3 is 0 Å². The molecule has 6 heteroatoms. The first-order valence-corrected chi connectivity index (χ1v) is 11.4. The van der Waals surface area contributed by atoms with Crippen molar-refractivity contribution in [2.45, 2.75) is 70.8 Å². The van der Waals surface area contributed by atoms with E-state index in [-0.39, 0.29) is 17.1 Å². The highest BCUT2D eigenvalue weighted by Gasteiger charge is 2.65. The molecule has 1 amide bonds. The number of carbonyl (C=O) groups excluding carboxylic acids is 1. The maximum absolute atomic E-state index is 13.8. The molecule has 4 saturated carbocycles. The van der Waals surface area contributed by atoms with Crippen LogP contribution in [0.1, 0.15) is 64.6 Å². The highest BCUT2D eigenvalue weighted by atomic mass is 19.1. The number of fused-ring (bicyclic) bond motifs is 1. The van der Waals surface area contributed by atoms with Crippen molar-refractivity contribution in [3.8, 4) is 0 Å². The van der Waals surface area contributed by atoms with E-state index in [0.29, 0.717) is 37.4 Å². The lowest BCUT2D eigenvalue weighted by Gasteiger charge is -2.64. The van der Waals surface area contributed by atoms with Gasteiger partial charge in [0.2, 0.25) is 5.91 Å². The van der Waals surface area contributed by atoms with Crippen LogP contribution < -0.4 is 0 Å². The molecular weight excluding hydrogens is 381 g/mol. The van der Waals surface area contributed by atoms with E-state index in [4.69, 9.17) is 0 Å². The van der Waals surface area contributed by atoms with Crippen LogP contribution in [0.25, 0.3) is 11.0 Å². The number of rotatable bonds is 6. The second kappa shape index (κ2) is 6.78.